The third-order valence-electron chi connectivity index (χ3n) is 4.07. The van der Waals surface area contributed by atoms with E-state index >= 15 is 0 Å². The second-order valence-corrected chi connectivity index (χ2v) is 5.56. The second-order valence-electron chi connectivity index (χ2n) is 5.56. The molecule has 100 valence electrons. The Balaban J connectivity index is 1.91. The van der Waals surface area contributed by atoms with Crippen LogP contribution in [0.25, 0.3) is 0 Å². The summed E-state index contributed by atoms with van der Waals surface area (Å²) >= 11 is 0. The third kappa shape index (κ3) is 3.98. The fourth-order valence-corrected chi connectivity index (χ4v) is 2.98. The maximum atomic E-state index is 6.39. The van der Waals surface area contributed by atoms with Crippen molar-refractivity contribution >= 4 is 5.82 Å². The van der Waals surface area contributed by atoms with Gasteiger partial charge < -0.3 is 11.5 Å². The highest BCUT2D eigenvalue weighted by atomic mass is 14.8. The van der Waals surface area contributed by atoms with Crippen LogP contribution in [-0.2, 0) is 6.42 Å². The van der Waals surface area contributed by atoms with E-state index in [0.29, 0.717) is 11.7 Å². The predicted octanol–water partition coefficient (Wildman–Crippen LogP) is 2.89. The lowest BCUT2D eigenvalue weighted by atomic mass is 9.84. The van der Waals surface area contributed by atoms with Crippen molar-refractivity contribution in [1.82, 2.24) is 4.98 Å². The van der Waals surface area contributed by atoms with Gasteiger partial charge >= 0.3 is 0 Å². The molecule has 0 radical (unpaired) electrons. The Labute approximate surface area is 110 Å². The summed E-state index contributed by atoms with van der Waals surface area (Å²) in [6.45, 7) is 0. The molecule has 0 spiro atoms. The number of nitrogens with two attached hydrogens (primary N) is 2. The number of anilines is 1. The number of rotatable bonds is 3. The van der Waals surface area contributed by atoms with Crippen molar-refractivity contribution in [2.75, 3.05) is 5.73 Å². The molecule has 0 aliphatic heterocycles. The van der Waals surface area contributed by atoms with Crippen molar-refractivity contribution in [3.63, 3.8) is 0 Å². The van der Waals surface area contributed by atoms with Gasteiger partial charge in [0.25, 0.3) is 0 Å². The molecule has 1 aromatic rings. The van der Waals surface area contributed by atoms with Crippen LogP contribution >= 0.6 is 0 Å². The maximum absolute atomic E-state index is 6.39. The first kappa shape index (κ1) is 13.3. The summed E-state index contributed by atoms with van der Waals surface area (Å²) < 4.78 is 0. The molecule has 0 amide bonds. The summed E-state index contributed by atoms with van der Waals surface area (Å²) in [7, 11) is 0. The average Bonchev–Trinajstić information content (AvgIpc) is 2.28. The topological polar surface area (TPSA) is 64.9 Å². The lowest BCUT2D eigenvalue weighted by molar-refractivity contribution is 0.322. The van der Waals surface area contributed by atoms with E-state index in [1.165, 1.54) is 50.5 Å². The van der Waals surface area contributed by atoms with Crippen LogP contribution < -0.4 is 11.5 Å². The van der Waals surface area contributed by atoms with Crippen molar-refractivity contribution in [1.29, 1.82) is 0 Å². The number of aromatic nitrogens is 1. The summed E-state index contributed by atoms with van der Waals surface area (Å²) in [5, 5.41) is 0. The fraction of sp³-hybridized carbons (Fsp3) is 0.667. The van der Waals surface area contributed by atoms with E-state index in [0.717, 1.165) is 6.42 Å². The Morgan fingerprint density at radius 2 is 1.83 bits per heavy atom. The fourth-order valence-electron chi connectivity index (χ4n) is 2.98. The van der Waals surface area contributed by atoms with Crippen molar-refractivity contribution in [2.24, 2.45) is 11.7 Å². The first-order valence-electron chi connectivity index (χ1n) is 7.21. The Hall–Kier alpha value is -1.09. The molecular weight excluding hydrogens is 222 g/mol. The van der Waals surface area contributed by atoms with Gasteiger partial charge in [-0.05, 0) is 42.9 Å². The monoisotopic (exact) mass is 247 g/mol. The lowest BCUT2D eigenvalue weighted by Gasteiger charge is -2.26. The standard InChI is InChI=1S/C15H25N3/c16-14(10-12-8-9-18-15(17)11-12)13-6-4-2-1-3-5-7-13/h8-9,11,13-14H,1-7,10,16H2,(H2,17,18). The molecule has 1 aliphatic carbocycles. The van der Waals surface area contributed by atoms with Crippen LogP contribution in [0.2, 0.25) is 0 Å². The van der Waals surface area contributed by atoms with Crippen LogP contribution in [0.1, 0.15) is 50.5 Å². The molecule has 1 aromatic heterocycles. The zero-order valence-electron chi connectivity index (χ0n) is 11.1. The highest BCUT2D eigenvalue weighted by Crippen LogP contribution is 2.25. The van der Waals surface area contributed by atoms with Crippen molar-refractivity contribution in [3.8, 4) is 0 Å². The number of nitrogen functional groups attached to an aromatic ring is 1. The molecule has 3 nitrogen and oxygen atoms in total. The molecule has 4 N–H and O–H groups in total. The predicted molar refractivity (Wildman–Crippen MR) is 76.1 cm³/mol. The molecule has 3 heteroatoms. The minimum absolute atomic E-state index is 0.268. The highest BCUT2D eigenvalue weighted by Gasteiger charge is 2.19. The van der Waals surface area contributed by atoms with Crippen LogP contribution in [-0.4, -0.2) is 11.0 Å². The lowest BCUT2D eigenvalue weighted by Crippen LogP contribution is -2.32. The number of nitrogens with zero attached hydrogens (tertiary/aromatic N) is 1. The zero-order valence-corrected chi connectivity index (χ0v) is 11.1. The molecule has 1 unspecified atom stereocenters. The number of hydrogen-bond donors (Lipinski definition) is 2. The highest BCUT2D eigenvalue weighted by molar-refractivity contribution is 5.32. The van der Waals surface area contributed by atoms with Gasteiger partial charge in [-0.1, -0.05) is 32.1 Å². The van der Waals surface area contributed by atoms with Gasteiger partial charge in [0.05, 0.1) is 0 Å². The normalized spacial score (nSPS) is 20.1. The van der Waals surface area contributed by atoms with Gasteiger partial charge in [-0.15, -0.1) is 0 Å². The van der Waals surface area contributed by atoms with Crippen molar-refractivity contribution in [3.05, 3.63) is 23.9 Å². The molecule has 18 heavy (non-hydrogen) atoms. The smallest absolute Gasteiger partial charge is 0.123 e. The van der Waals surface area contributed by atoms with E-state index < -0.39 is 0 Å². The van der Waals surface area contributed by atoms with Gasteiger partial charge in [0.2, 0.25) is 0 Å². The van der Waals surface area contributed by atoms with E-state index in [9.17, 15) is 0 Å². The number of hydrogen-bond acceptors (Lipinski definition) is 3. The first-order chi connectivity index (χ1) is 8.75. The van der Waals surface area contributed by atoms with E-state index in [2.05, 4.69) is 4.98 Å². The van der Waals surface area contributed by atoms with Gasteiger partial charge in [0.15, 0.2) is 0 Å². The summed E-state index contributed by atoms with van der Waals surface area (Å²) in [4.78, 5) is 4.02. The van der Waals surface area contributed by atoms with Crippen LogP contribution in [0.3, 0.4) is 0 Å². The minimum Gasteiger partial charge on any atom is -0.384 e. The molecule has 0 aromatic carbocycles. The van der Waals surface area contributed by atoms with E-state index in [-0.39, 0.29) is 6.04 Å². The molecule has 1 atom stereocenters. The maximum Gasteiger partial charge on any atom is 0.123 e. The van der Waals surface area contributed by atoms with Gasteiger partial charge in [0, 0.05) is 12.2 Å². The van der Waals surface area contributed by atoms with Crippen LogP contribution in [0, 0.1) is 5.92 Å². The van der Waals surface area contributed by atoms with Crippen LogP contribution in [0.15, 0.2) is 18.3 Å². The second kappa shape index (κ2) is 6.74. The molecule has 0 bridgehead atoms. The quantitative estimate of drug-likeness (QED) is 0.863. The molecule has 1 aliphatic rings. The van der Waals surface area contributed by atoms with E-state index in [4.69, 9.17) is 11.5 Å². The average molecular weight is 247 g/mol. The molecule has 1 fully saturated rings. The van der Waals surface area contributed by atoms with Gasteiger partial charge in [0.1, 0.15) is 5.82 Å². The largest absolute Gasteiger partial charge is 0.384 e. The Morgan fingerprint density at radius 3 is 2.50 bits per heavy atom. The van der Waals surface area contributed by atoms with Gasteiger partial charge in [-0.25, -0.2) is 4.98 Å². The van der Waals surface area contributed by atoms with Gasteiger partial charge in [-0.3, -0.25) is 0 Å². The summed E-state index contributed by atoms with van der Waals surface area (Å²) in [5.41, 5.74) is 13.3. The SMILES string of the molecule is Nc1cc(CC(N)C2CCCCCCC2)ccn1. The molecule has 1 saturated carbocycles. The third-order valence-corrected chi connectivity index (χ3v) is 4.07. The molecule has 0 saturated heterocycles. The first-order valence-corrected chi connectivity index (χ1v) is 7.21. The Bertz CT molecular complexity index is 357. The summed E-state index contributed by atoms with van der Waals surface area (Å²) in [6.07, 6.45) is 12.1. The Kier molecular flexibility index (Phi) is 5.00. The van der Waals surface area contributed by atoms with E-state index in [1.54, 1.807) is 6.20 Å². The molecule has 1 heterocycles. The molecule has 2 rings (SSSR count). The minimum atomic E-state index is 0.268. The zero-order chi connectivity index (χ0) is 12.8. The van der Waals surface area contributed by atoms with Crippen molar-refractivity contribution in [2.45, 2.75) is 57.4 Å². The molecular formula is C15H25N3. The summed E-state index contributed by atoms with van der Waals surface area (Å²) in [6, 6.07) is 4.24. The van der Waals surface area contributed by atoms with Crippen molar-refractivity contribution < 1.29 is 0 Å². The summed E-state index contributed by atoms with van der Waals surface area (Å²) in [5.74, 6) is 1.28. The Morgan fingerprint density at radius 1 is 1.17 bits per heavy atom. The van der Waals surface area contributed by atoms with Crippen LogP contribution in [0.4, 0.5) is 5.82 Å². The van der Waals surface area contributed by atoms with Gasteiger partial charge in [-0.2, -0.15) is 0 Å². The number of pyridine rings is 1. The van der Waals surface area contributed by atoms with Crippen LogP contribution in [0.5, 0.6) is 0 Å². The van der Waals surface area contributed by atoms with E-state index in [1.807, 2.05) is 12.1 Å².